The highest BCUT2D eigenvalue weighted by Gasteiger charge is 2.18. The molecule has 22 heavy (non-hydrogen) atoms. The second kappa shape index (κ2) is 6.30. The van der Waals surface area contributed by atoms with E-state index < -0.39 is 0 Å². The summed E-state index contributed by atoms with van der Waals surface area (Å²) in [5.74, 6) is 1.05. The van der Waals surface area contributed by atoms with Crippen LogP contribution in [-0.4, -0.2) is 29.9 Å². The van der Waals surface area contributed by atoms with Crippen molar-refractivity contribution >= 4 is 16.9 Å². The van der Waals surface area contributed by atoms with Gasteiger partial charge in [0.25, 0.3) is 0 Å². The molecule has 0 unspecified atom stereocenters. The van der Waals surface area contributed by atoms with Crippen molar-refractivity contribution in [3.05, 3.63) is 23.9 Å². The van der Waals surface area contributed by atoms with Crippen molar-refractivity contribution in [3.63, 3.8) is 0 Å². The smallest absolute Gasteiger partial charge is 0.354 e. The van der Waals surface area contributed by atoms with Crippen LogP contribution in [-0.2, 0) is 11.8 Å². The first kappa shape index (κ1) is 16.2. The maximum Gasteiger partial charge on any atom is 0.354 e. The van der Waals surface area contributed by atoms with Gasteiger partial charge in [-0.15, -0.1) is 0 Å². The zero-order valence-electron chi connectivity index (χ0n) is 14.0. The maximum atomic E-state index is 11.9. The number of benzene rings is 1. The van der Waals surface area contributed by atoms with Crippen molar-refractivity contribution in [2.24, 2.45) is 7.05 Å². The van der Waals surface area contributed by atoms with Crippen LogP contribution in [0.15, 0.2) is 18.2 Å². The fraction of sp³-hybridized carbons (Fsp3) is 0.471. The van der Waals surface area contributed by atoms with E-state index in [1.165, 1.54) is 7.11 Å². The largest absolute Gasteiger partial charge is 0.491 e. The Morgan fingerprint density at radius 2 is 1.68 bits per heavy atom. The number of aromatic nitrogens is 1. The molecule has 0 bridgehead atoms. The van der Waals surface area contributed by atoms with E-state index in [-0.39, 0.29) is 18.2 Å². The van der Waals surface area contributed by atoms with E-state index in [0.29, 0.717) is 11.4 Å². The zero-order chi connectivity index (χ0) is 16.4. The first-order valence-electron chi connectivity index (χ1n) is 7.38. The summed E-state index contributed by atoms with van der Waals surface area (Å²) in [5.41, 5.74) is 1.35. The Balaban J connectivity index is 2.64. The number of carbonyl (C=O) groups is 1. The molecule has 1 heterocycles. The summed E-state index contributed by atoms with van der Waals surface area (Å²) in [7, 11) is 3.20. The Kier molecular flexibility index (Phi) is 4.64. The van der Waals surface area contributed by atoms with Crippen molar-refractivity contribution in [2.75, 3.05) is 7.11 Å². The molecule has 0 spiro atoms. The van der Waals surface area contributed by atoms with Gasteiger partial charge in [0, 0.05) is 24.6 Å². The van der Waals surface area contributed by atoms with Crippen LogP contribution in [0.3, 0.4) is 0 Å². The van der Waals surface area contributed by atoms with Crippen LogP contribution < -0.4 is 9.47 Å². The number of hydrogen-bond donors (Lipinski definition) is 0. The number of methoxy groups -OCH3 is 1. The zero-order valence-corrected chi connectivity index (χ0v) is 14.0. The number of esters is 1. The number of aryl methyl sites for hydroxylation is 1. The summed E-state index contributed by atoms with van der Waals surface area (Å²) >= 11 is 0. The lowest BCUT2D eigenvalue weighted by Gasteiger charge is -2.15. The van der Waals surface area contributed by atoms with Crippen molar-refractivity contribution in [3.8, 4) is 11.5 Å². The van der Waals surface area contributed by atoms with E-state index >= 15 is 0 Å². The summed E-state index contributed by atoms with van der Waals surface area (Å²) in [5, 5.41) is 0.868. The molecule has 0 N–H and O–H groups in total. The summed E-state index contributed by atoms with van der Waals surface area (Å²) in [6, 6.07) is 5.57. The molecule has 0 saturated carbocycles. The van der Waals surface area contributed by atoms with Crippen LogP contribution in [0.5, 0.6) is 11.5 Å². The molecule has 0 saturated heterocycles. The molecule has 0 aliphatic heterocycles. The van der Waals surface area contributed by atoms with E-state index in [1.807, 2.05) is 46.9 Å². The molecular weight excluding hydrogens is 282 g/mol. The number of hydrogen-bond acceptors (Lipinski definition) is 4. The Bertz CT molecular complexity index is 686. The SMILES string of the molecule is COC(=O)c1cc2c(OC(C)C)cc(OC(C)C)cc2n1C. The number of nitrogens with zero attached hydrogens (tertiary/aromatic N) is 1. The Morgan fingerprint density at radius 3 is 2.23 bits per heavy atom. The summed E-state index contributed by atoms with van der Waals surface area (Å²) < 4.78 is 18.3. The van der Waals surface area contributed by atoms with Gasteiger partial charge in [-0.25, -0.2) is 4.79 Å². The summed E-state index contributed by atoms with van der Waals surface area (Å²) in [6.45, 7) is 7.87. The van der Waals surface area contributed by atoms with Gasteiger partial charge in [-0.1, -0.05) is 0 Å². The first-order chi connectivity index (χ1) is 10.3. The third kappa shape index (κ3) is 3.18. The van der Waals surface area contributed by atoms with Gasteiger partial charge < -0.3 is 18.8 Å². The molecule has 0 atom stereocenters. The third-order valence-corrected chi connectivity index (χ3v) is 3.23. The van der Waals surface area contributed by atoms with E-state index in [1.54, 1.807) is 10.6 Å². The van der Waals surface area contributed by atoms with Gasteiger partial charge >= 0.3 is 5.97 Å². The van der Waals surface area contributed by atoms with Gasteiger partial charge in [0.2, 0.25) is 0 Å². The number of ether oxygens (including phenoxy) is 3. The van der Waals surface area contributed by atoms with Crippen LogP contribution >= 0.6 is 0 Å². The molecule has 0 fully saturated rings. The summed E-state index contributed by atoms with van der Waals surface area (Å²) in [6.07, 6.45) is 0.0870. The summed E-state index contributed by atoms with van der Waals surface area (Å²) in [4.78, 5) is 11.9. The van der Waals surface area contributed by atoms with E-state index in [4.69, 9.17) is 14.2 Å². The van der Waals surface area contributed by atoms with E-state index in [2.05, 4.69) is 0 Å². The second-order valence-electron chi connectivity index (χ2n) is 5.77. The minimum atomic E-state index is -0.375. The maximum absolute atomic E-state index is 11.9. The van der Waals surface area contributed by atoms with E-state index in [0.717, 1.165) is 16.7 Å². The molecule has 0 amide bonds. The van der Waals surface area contributed by atoms with E-state index in [9.17, 15) is 4.79 Å². The van der Waals surface area contributed by atoms with Gasteiger partial charge in [-0.05, 0) is 33.8 Å². The monoisotopic (exact) mass is 305 g/mol. The van der Waals surface area contributed by atoms with Crippen LogP contribution in [0.4, 0.5) is 0 Å². The van der Waals surface area contributed by atoms with Crippen LogP contribution in [0.2, 0.25) is 0 Å². The second-order valence-corrected chi connectivity index (χ2v) is 5.77. The van der Waals surface area contributed by atoms with Crippen LogP contribution in [0.1, 0.15) is 38.2 Å². The molecule has 1 aromatic carbocycles. The van der Waals surface area contributed by atoms with Crippen molar-refractivity contribution < 1.29 is 19.0 Å². The third-order valence-electron chi connectivity index (χ3n) is 3.23. The Morgan fingerprint density at radius 1 is 1.05 bits per heavy atom. The molecule has 1 aromatic heterocycles. The highest BCUT2D eigenvalue weighted by atomic mass is 16.5. The van der Waals surface area contributed by atoms with Gasteiger partial charge in [-0.3, -0.25) is 0 Å². The lowest BCUT2D eigenvalue weighted by molar-refractivity contribution is 0.0590. The standard InChI is InChI=1S/C17H23NO4/c1-10(2)21-12-7-14-13(16(8-12)22-11(3)4)9-15(18(14)5)17(19)20-6/h7-11H,1-6H3. The normalized spacial score (nSPS) is 11.3. The molecule has 0 aliphatic carbocycles. The van der Waals surface area contributed by atoms with Gasteiger partial charge in [0.1, 0.15) is 17.2 Å². The molecule has 0 radical (unpaired) electrons. The fourth-order valence-electron chi connectivity index (χ4n) is 2.37. The first-order valence-corrected chi connectivity index (χ1v) is 7.38. The van der Waals surface area contributed by atoms with Gasteiger partial charge in [0.05, 0.1) is 24.8 Å². The van der Waals surface area contributed by atoms with Gasteiger partial charge in [-0.2, -0.15) is 0 Å². The number of fused-ring (bicyclic) bond motifs is 1. The lowest BCUT2D eigenvalue weighted by atomic mass is 10.2. The topological polar surface area (TPSA) is 49.7 Å². The highest BCUT2D eigenvalue weighted by Crippen LogP contribution is 2.34. The quantitative estimate of drug-likeness (QED) is 0.793. The predicted octanol–water partition coefficient (Wildman–Crippen LogP) is 3.54. The Hall–Kier alpha value is -2.17. The molecule has 5 heteroatoms. The number of carbonyl (C=O) groups excluding carboxylic acids is 1. The molecule has 0 aliphatic rings. The molecule has 2 rings (SSSR count). The molecule has 5 nitrogen and oxygen atoms in total. The molecular formula is C17H23NO4. The minimum Gasteiger partial charge on any atom is -0.491 e. The van der Waals surface area contributed by atoms with Crippen molar-refractivity contribution in [1.82, 2.24) is 4.57 Å². The number of rotatable bonds is 5. The Labute approximate surface area is 130 Å². The molecule has 120 valence electrons. The average molecular weight is 305 g/mol. The average Bonchev–Trinajstić information content (AvgIpc) is 2.75. The minimum absolute atomic E-state index is 0.0271. The highest BCUT2D eigenvalue weighted by molar-refractivity contribution is 5.98. The van der Waals surface area contributed by atoms with Gasteiger partial charge in [0.15, 0.2) is 0 Å². The van der Waals surface area contributed by atoms with Crippen molar-refractivity contribution in [1.29, 1.82) is 0 Å². The predicted molar refractivity (Wildman–Crippen MR) is 85.8 cm³/mol. The molecule has 2 aromatic rings. The fourth-order valence-corrected chi connectivity index (χ4v) is 2.37. The van der Waals surface area contributed by atoms with Crippen LogP contribution in [0, 0.1) is 0 Å². The van der Waals surface area contributed by atoms with Crippen molar-refractivity contribution in [2.45, 2.75) is 39.9 Å². The van der Waals surface area contributed by atoms with Crippen LogP contribution in [0.25, 0.3) is 10.9 Å². The lowest BCUT2D eigenvalue weighted by Crippen LogP contribution is -2.09.